The van der Waals surface area contributed by atoms with E-state index in [0.29, 0.717) is 11.3 Å². The highest BCUT2D eigenvalue weighted by molar-refractivity contribution is 7.88. The van der Waals surface area contributed by atoms with E-state index in [1.165, 1.54) is 17.5 Å². The summed E-state index contributed by atoms with van der Waals surface area (Å²) in [6.07, 6.45) is 7.36. The molecule has 144 valence electrons. The molecule has 0 aromatic heterocycles. The van der Waals surface area contributed by atoms with E-state index >= 15 is 0 Å². The molecule has 1 aliphatic rings. The van der Waals surface area contributed by atoms with Crippen LogP contribution in [0.15, 0.2) is 24.3 Å². The number of rotatable bonds is 7. The number of hydrogen-bond donors (Lipinski definition) is 1. The van der Waals surface area contributed by atoms with Crippen molar-refractivity contribution in [3.63, 3.8) is 0 Å². The van der Waals surface area contributed by atoms with Crippen LogP contribution in [0.5, 0.6) is 0 Å². The molecule has 1 amide bonds. The Balaban J connectivity index is 1.98. The van der Waals surface area contributed by atoms with Crippen LogP contribution in [0.2, 0.25) is 0 Å². The van der Waals surface area contributed by atoms with Gasteiger partial charge >= 0.3 is 0 Å². The number of nitrogens with one attached hydrogen (secondary N) is 1. The van der Waals surface area contributed by atoms with Crippen LogP contribution >= 0.6 is 0 Å². The Hall–Kier alpha value is -1.73. The molecule has 0 atom stereocenters. The van der Waals surface area contributed by atoms with Crippen molar-refractivity contribution in [3.05, 3.63) is 29.8 Å². The van der Waals surface area contributed by atoms with Crippen molar-refractivity contribution in [1.82, 2.24) is 4.31 Å². The number of amides is 1. The predicted octanol–water partition coefficient (Wildman–Crippen LogP) is 3.20. The summed E-state index contributed by atoms with van der Waals surface area (Å²) in [5.41, 5.74) is 1.07. The highest BCUT2D eigenvalue weighted by atomic mass is 32.2. The molecule has 0 bridgehead atoms. The number of anilines is 1. The quantitative estimate of drug-likeness (QED) is 0.581. The second-order valence-electron chi connectivity index (χ2n) is 6.95. The van der Waals surface area contributed by atoms with Gasteiger partial charge in [-0.2, -0.15) is 4.31 Å². The Labute approximate surface area is 156 Å². The largest absolute Gasteiger partial charge is 0.326 e. The first-order valence-electron chi connectivity index (χ1n) is 9.15. The van der Waals surface area contributed by atoms with Crippen molar-refractivity contribution in [2.24, 2.45) is 0 Å². The Morgan fingerprint density at radius 1 is 1.15 bits per heavy atom. The molecule has 0 radical (unpaired) electrons. The van der Waals surface area contributed by atoms with Crippen LogP contribution in [0, 0.1) is 0 Å². The third-order valence-corrected chi connectivity index (χ3v) is 6.10. The number of ketones is 1. The summed E-state index contributed by atoms with van der Waals surface area (Å²) in [5, 5.41) is 2.75. The molecule has 1 aromatic carbocycles. The lowest BCUT2D eigenvalue weighted by Crippen LogP contribution is -2.41. The van der Waals surface area contributed by atoms with Gasteiger partial charge in [0.15, 0.2) is 5.78 Å². The maximum atomic E-state index is 12.3. The standard InChI is InChI=1S/C19H28N2O4S/c1-15(22)16-8-7-9-17(14-16)20-19(23)12-13-21(26(2,24)25)18-10-5-3-4-6-11-18/h7-9,14,18H,3-6,10-13H2,1-2H3,(H,20,23). The maximum absolute atomic E-state index is 12.3. The van der Waals surface area contributed by atoms with Crippen LogP contribution in [-0.2, 0) is 14.8 Å². The van der Waals surface area contributed by atoms with E-state index in [1.54, 1.807) is 24.3 Å². The highest BCUT2D eigenvalue weighted by Crippen LogP contribution is 2.24. The molecule has 0 heterocycles. The smallest absolute Gasteiger partial charge is 0.225 e. The van der Waals surface area contributed by atoms with Crippen LogP contribution in [0.3, 0.4) is 0 Å². The third-order valence-electron chi connectivity index (χ3n) is 4.77. The zero-order chi connectivity index (χ0) is 19.2. The molecule has 1 aromatic rings. The van der Waals surface area contributed by atoms with Gasteiger partial charge in [-0.15, -0.1) is 0 Å². The number of carbonyl (C=O) groups excluding carboxylic acids is 2. The van der Waals surface area contributed by atoms with Crippen LogP contribution in [0.1, 0.15) is 62.2 Å². The van der Waals surface area contributed by atoms with Crippen LogP contribution in [-0.4, -0.2) is 43.3 Å². The first-order chi connectivity index (χ1) is 12.3. The van der Waals surface area contributed by atoms with Gasteiger partial charge in [0.1, 0.15) is 0 Å². The maximum Gasteiger partial charge on any atom is 0.225 e. The van der Waals surface area contributed by atoms with Crippen molar-refractivity contribution in [2.45, 2.75) is 57.9 Å². The zero-order valence-corrected chi connectivity index (χ0v) is 16.3. The molecule has 1 fully saturated rings. The van der Waals surface area contributed by atoms with Crippen molar-refractivity contribution >= 4 is 27.4 Å². The molecule has 1 aliphatic carbocycles. The number of Topliss-reactive ketones (excluding diaryl/α,β-unsaturated/α-hetero) is 1. The average Bonchev–Trinajstić information content (AvgIpc) is 2.83. The van der Waals surface area contributed by atoms with Crippen molar-refractivity contribution < 1.29 is 18.0 Å². The number of nitrogens with zero attached hydrogens (tertiary/aromatic N) is 1. The molecule has 2 rings (SSSR count). The van der Waals surface area contributed by atoms with Crippen molar-refractivity contribution in [2.75, 3.05) is 18.1 Å². The van der Waals surface area contributed by atoms with Crippen LogP contribution in [0.25, 0.3) is 0 Å². The van der Waals surface area contributed by atoms with Gasteiger partial charge in [0.25, 0.3) is 0 Å². The molecule has 6 nitrogen and oxygen atoms in total. The lowest BCUT2D eigenvalue weighted by atomic mass is 10.1. The Morgan fingerprint density at radius 3 is 2.38 bits per heavy atom. The number of sulfonamides is 1. The summed E-state index contributed by atoms with van der Waals surface area (Å²) in [7, 11) is -3.36. The van der Waals surface area contributed by atoms with Gasteiger partial charge in [-0.05, 0) is 31.9 Å². The van der Waals surface area contributed by atoms with E-state index in [9.17, 15) is 18.0 Å². The van der Waals surface area contributed by atoms with E-state index in [-0.39, 0.29) is 30.7 Å². The summed E-state index contributed by atoms with van der Waals surface area (Å²) < 4.78 is 25.9. The molecule has 0 unspecified atom stereocenters. The fourth-order valence-corrected chi connectivity index (χ4v) is 4.59. The summed E-state index contributed by atoms with van der Waals surface area (Å²) in [6.45, 7) is 1.65. The number of hydrogen-bond acceptors (Lipinski definition) is 4. The Kier molecular flexibility index (Phi) is 7.34. The first-order valence-corrected chi connectivity index (χ1v) is 11.0. The topological polar surface area (TPSA) is 83.6 Å². The Morgan fingerprint density at radius 2 is 1.81 bits per heavy atom. The summed E-state index contributed by atoms with van der Waals surface area (Å²) in [4.78, 5) is 23.7. The molecule has 0 aliphatic heterocycles. The van der Waals surface area contributed by atoms with E-state index in [0.717, 1.165) is 38.5 Å². The fourth-order valence-electron chi connectivity index (χ4n) is 3.42. The minimum Gasteiger partial charge on any atom is -0.326 e. The molecular weight excluding hydrogens is 352 g/mol. The molecule has 26 heavy (non-hydrogen) atoms. The molecule has 1 N–H and O–H groups in total. The molecule has 0 saturated heterocycles. The lowest BCUT2D eigenvalue weighted by molar-refractivity contribution is -0.116. The first kappa shape index (κ1) is 20.6. The van der Waals surface area contributed by atoms with Crippen LogP contribution in [0.4, 0.5) is 5.69 Å². The Bertz CT molecular complexity index is 738. The van der Waals surface area contributed by atoms with Crippen molar-refractivity contribution in [1.29, 1.82) is 0 Å². The zero-order valence-electron chi connectivity index (χ0n) is 15.5. The van der Waals surface area contributed by atoms with Gasteiger partial charge < -0.3 is 5.32 Å². The van der Waals surface area contributed by atoms with Gasteiger partial charge in [0, 0.05) is 30.3 Å². The summed E-state index contributed by atoms with van der Waals surface area (Å²) >= 11 is 0. The second-order valence-corrected chi connectivity index (χ2v) is 8.89. The van der Waals surface area contributed by atoms with Gasteiger partial charge in [-0.1, -0.05) is 37.8 Å². The predicted molar refractivity (Wildman–Crippen MR) is 103 cm³/mol. The summed E-state index contributed by atoms with van der Waals surface area (Å²) in [6, 6.07) is 6.72. The molecule has 7 heteroatoms. The highest BCUT2D eigenvalue weighted by Gasteiger charge is 2.27. The number of carbonyl (C=O) groups is 2. The van der Waals surface area contributed by atoms with Crippen molar-refractivity contribution in [3.8, 4) is 0 Å². The third kappa shape index (κ3) is 6.21. The molecule has 0 spiro atoms. The van der Waals surface area contributed by atoms with E-state index in [1.807, 2.05) is 0 Å². The SMILES string of the molecule is CC(=O)c1cccc(NC(=O)CCN(C2CCCCCC2)S(C)(=O)=O)c1. The summed E-state index contributed by atoms with van der Waals surface area (Å²) in [5.74, 6) is -0.328. The van der Waals surface area contributed by atoms with E-state index in [4.69, 9.17) is 0 Å². The van der Waals surface area contributed by atoms with Crippen LogP contribution < -0.4 is 5.32 Å². The normalized spacial score (nSPS) is 16.3. The minimum atomic E-state index is -3.36. The second kappa shape index (κ2) is 9.28. The lowest BCUT2D eigenvalue weighted by Gasteiger charge is -2.28. The monoisotopic (exact) mass is 380 g/mol. The fraction of sp³-hybridized carbons (Fsp3) is 0.579. The minimum absolute atomic E-state index is 0.0126. The van der Waals surface area contributed by atoms with Gasteiger partial charge in [0.2, 0.25) is 15.9 Å². The van der Waals surface area contributed by atoms with Gasteiger partial charge in [0.05, 0.1) is 6.26 Å². The number of benzene rings is 1. The average molecular weight is 381 g/mol. The van der Waals surface area contributed by atoms with E-state index in [2.05, 4.69) is 5.32 Å². The van der Waals surface area contributed by atoms with Gasteiger partial charge in [-0.25, -0.2) is 8.42 Å². The molecule has 1 saturated carbocycles. The van der Waals surface area contributed by atoms with E-state index < -0.39 is 10.0 Å². The van der Waals surface area contributed by atoms with Gasteiger partial charge in [-0.3, -0.25) is 9.59 Å². The molecular formula is C19H28N2O4S.